The van der Waals surface area contributed by atoms with Crippen LogP contribution in [0, 0.1) is 0 Å². The Hall–Kier alpha value is -3.40. The molecule has 0 atom stereocenters. The highest BCUT2D eigenvalue weighted by Crippen LogP contribution is 2.33. The van der Waals surface area contributed by atoms with Crippen LogP contribution in [0.5, 0.6) is 11.5 Å². The SMILES string of the molecule is COc1ccc(-c2nnc(SCC(=O)Nc3ccc(N4CCCCCC4)cc3)n2N)c(OC)c1. The third-order valence-corrected chi connectivity index (χ3v) is 6.71. The highest BCUT2D eigenvalue weighted by atomic mass is 32.2. The molecule has 2 heterocycles. The lowest BCUT2D eigenvalue weighted by molar-refractivity contribution is -0.113. The molecule has 1 fully saturated rings. The van der Waals surface area contributed by atoms with Crippen molar-refractivity contribution >= 4 is 29.0 Å². The predicted octanol–water partition coefficient (Wildman–Crippen LogP) is 3.79. The molecule has 3 aromatic rings. The molecule has 1 aromatic heterocycles. The Morgan fingerprint density at radius 2 is 1.76 bits per heavy atom. The lowest BCUT2D eigenvalue weighted by Crippen LogP contribution is -2.23. The lowest BCUT2D eigenvalue weighted by Gasteiger charge is -2.22. The van der Waals surface area contributed by atoms with Crippen LogP contribution in [-0.2, 0) is 4.79 Å². The number of nitrogen functional groups attached to an aromatic ring is 1. The van der Waals surface area contributed by atoms with Gasteiger partial charge in [-0.25, -0.2) is 4.68 Å². The van der Waals surface area contributed by atoms with Gasteiger partial charge in [0.15, 0.2) is 5.82 Å². The second kappa shape index (κ2) is 11.1. The van der Waals surface area contributed by atoms with Gasteiger partial charge in [0.1, 0.15) is 11.5 Å². The van der Waals surface area contributed by atoms with Crippen molar-refractivity contribution < 1.29 is 14.3 Å². The summed E-state index contributed by atoms with van der Waals surface area (Å²) in [5, 5.41) is 11.7. The van der Waals surface area contributed by atoms with E-state index in [9.17, 15) is 4.79 Å². The maximum absolute atomic E-state index is 12.5. The third kappa shape index (κ3) is 5.56. The minimum absolute atomic E-state index is 0.140. The summed E-state index contributed by atoms with van der Waals surface area (Å²) in [6, 6.07) is 13.4. The highest BCUT2D eigenvalue weighted by molar-refractivity contribution is 7.99. The normalized spacial score (nSPS) is 13.9. The molecule has 0 bridgehead atoms. The van der Waals surface area contributed by atoms with E-state index in [0.29, 0.717) is 28.0 Å². The van der Waals surface area contributed by atoms with E-state index in [-0.39, 0.29) is 11.7 Å². The first kappa shape index (κ1) is 23.7. The minimum Gasteiger partial charge on any atom is -0.497 e. The summed E-state index contributed by atoms with van der Waals surface area (Å²) in [7, 11) is 3.15. The molecule has 2 aromatic carbocycles. The van der Waals surface area contributed by atoms with Gasteiger partial charge in [-0.05, 0) is 49.2 Å². The van der Waals surface area contributed by atoms with Gasteiger partial charge in [0.05, 0.1) is 25.5 Å². The van der Waals surface area contributed by atoms with Gasteiger partial charge in [-0.2, -0.15) is 0 Å². The topological polar surface area (TPSA) is 108 Å². The van der Waals surface area contributed by atoms with Crippen LogP contribution in [0.3, 0.4) is 0 Å². The Morgan fingerprint density at radius 3 is 2.44 bits per heavy atom. The van der Waals surface area contributed by atoms with Crippen molar-refractivity contribution in [1.82, 2.24) is 14.9 Å². The maximum Gasteiger partial charge on any atom is 0.234 e. The third-order valence-electron chi connectivity index (χ3n) is 5.77. The first-order chi connectivity index (χ1) is 16.6. The molecule has 34 heavy (non-hydrogen) atoms. The van der Waals surface area contributed by atoms with Crippen molar-refractivity contribution in [3.05, 3.63) is 42.5 Å². The van der Waals surface area contributed by atoms with Gasteiger partial charge in [-0.15, -0.1) is 10.2 Å². The average Bonchev–Trinajstić information content (AvgIpc) is 3.04. The number of anilines is 2. The highest BCUT2D eigenvalue weighted by Gasteiger charge is 2.18. The average molecular weight is 483 g/mol. The van der Waals surface area contributed by atoms with Crippen LogP contribution in [0.2, 0.25) is 0 Å². The fourth-order valence-corrected chi connectivity index (χ4v) is 4.61. The van der Waals surface area contributed by atoms with Gasteiger partial charge in [-0.3, -0.25) is 4.79 Å². The molecule has 4 rings (SSSR count). The summed E-state index contributed by atoms with van der Waals surface area (Å²) in [6.07, 6.45) is 5.06. The van der Waals surface area contributed by atoms with E-state index in [4.69, 9.17) is 15.3 Å². The van der Waals surface area contributed by atoms with E-state index in [1.165, 1.54) is 47.8 Å². The molecule has 0 saturated carbocycles. The van der Waals surface area contributed by atoms with Gasteiger partial charge < -0.3 is 25.5 Å². The number of rotatable bonds is 8. The zero-order chi connectivity index (χ0) is 23.9. The van der Waals surface area contributed by atoms with E-state index in [0.717, 1.165) is 18.8 Å². The van der Waals surface area contributed by atoms with E-state index in [1.807, 2.05) is 18.2 Å². The lowest BCUT2D eigenvalue weighted by atomic mass is 10.2. The monoisotopic (exact) mass is 482 g/mol. The number of hydrogen-bond donors (Lipinski definition) is 2. The molecule has 1 aliphatic heterocycles. The first-order valence-corrected chi connectivity index (χ1v) is 12.3. The molecule has 1 saturated heterocycles. The molecule has 1 aliphatic rings. The van der Waals surface area contributed by atoms with Crippen LogP contribution in [0.4, 0.5) is 11.4 Å². The van der Waals surface area contributed by atoms with Gasteiger partial charge in [-0.1, -0.05) is 24.6 Å². The minimum atomic E-state index is -0.140. The quantitative estimate of drug-likeness (QED) is 0.369. The number of aromatic nitrogens is 3. The van der Waals surface area contributed by atoms with Crippen LogP contribution >= 0.6 is 11.8 Å². The second-order valence-corrected chi connectivity index (χ2v) is 8.97. The number of methoxy groups -OCH3 is 2. The van der Waals surface area contributed by atoms with Gasteiger partial charge >= 0.3 is 0 Å². The zero-order valence-corrected chi connectivity index (χ0v) is 20.3. The molecule has 0 radical (unpaired) electrons. The molecular formula is C24H30N6O3S. The Kier molecular flexibility index (Phi) is 7.79. The van der Waals surface area contributed by atoms with Crippen LogP contribution in [0.1, 0.15) is 25.7 Å². The number of thioether (sulfide) groups is 1. The number of ether oxygens (including phenoxy) is 2. The molecule has 180 valence electrons. The predicted molar refractivity (Wildman–Crippen MR) is 135 cm³/mol. The first-order valence-electron chi connectivity index (χ1n) is 11.3. The number of carbonyl (C=O) groups is 1. The Balaban J connectivity index is 1.35. The number of carbonyl (C=O) groups excluding carboxylic acids is 1. The summed E-state index contributed by atoms with van der Waals surface area (Å²) in [5.74, 6) is 7.89. The Labute approximate surface area is 203 Å². The number of nitrogens with one attached hydrogen (secondary N) is 1. The van der Waals surface area contributed by atoms with Gasteiger partial charge in [0.25, 0.3) is 0 Å². The van der Waals surface area contributed by atoms with Crippen molar-refractivity contribution in [2.75, 3.05) is 49.1 Å². The second-order valence-electron chi connectivity index (χ2n) is 8.03. The zero-order valence-electron chi connectivity index (χ0n) is 19.5. The van der Waals surface area contributed by atoms with Crippen LogP contribution in [0.15, 0.2) is 47.6 Å². The van der Waals surface area contributed by atoms with Crippen molar-refractivity contribution in [1.29, 1.82) is 0 Å². The summed E-state index contributed by atoms with van der Waals surface area (Å²) < 4.78 is 12.0. The molecule has 0 aliphatic carbocycles. The summed E-state index contributed by atoms with van der Waals surface area (Å²) in [4.78, 5) is 14.9. The molecule has 10 heteroatoms. The molecular weight excluding hydrogens is 452 g/mol. The number of hydrogen-bond acceptors (Lipinski definition) is 8. The van der Waals surface area contributed by atoms with Crippen molar-refractivity contribution in [3.63, 3.8) is 0 Å². The molecule has 1 amide bonds. The van der Waals surface area contributed by atoms with Gasteiger partial charge in [0.2, 0.25) is 11.1 Å². The fraction of sp³-hybridized carbons (Fsp3) is 0.375. The summed E-state index contributed by atoms with van der Waals surface area (Å²) >= 11 is 1.22. The number of amides is 1. The smallest absolute Gasteiger partial charge is 0.234 e. The van der Waals surface area contributed by atoms with Crippen LogP contribution in [0.25, 0.3) is 11.4 Å². The van der Waals surface area contributed by atoms with Crippen LogP contribution < -0.4 is 25.5 Å². The van der Waals surface area contributed by atoms with Crippen molar-refractivity contribution in [3.8, 4) is 22.9 Å². The molecule has 9 nitrogen and oxygen atoms in total. The van der Waals surface area contributed by atoms with E-state index >= 15 is 0 Å². The number of nitrogens with two attached hydrogens (primary N) is 1. The standard InChI is InChI=1S/C24H30N6O3S/c1-32-19-11-12-20(21(15-19)33-2)23-27-28-24(30(23)25)34-16-22(31)26-17-7-9-18(10-8-17)29-13-5-3-4-6-14-29/h7-12,15H,3-6,13-14,16,25H2,1-2H3,(H,26,31). The summed E-state index contributed by atoms with van der Waals surface area (Å²) in [5.41, 5.74) is 2.65. The van der Waals surface area contributed by atoms with Gasteiger partial charge in [0, 0.05) is 30.5 Å². The molecule has 0 spiro atoms. The number of nitrogens with zero attached hydrogens (tertiary/aromatic N) is 4. The van der Waals surface area contributed by atoms with Crippen LogP contribution in [-0.4, -0.2) is 53.8 Å². The Bertz CT molecular complexity index is 1110. The van der Waals surface area contributed by atoms with E-state index < -0.39 is 0 Å². The largest absolute Gasteiger partial charge is 0.497 e. The molecule has 3 N–H and O–H groups in total. The van der Waals surface area contributed by atoms with E-state index in [2.05, 4.69) is 32.5 Å². The Morgan fingerprint density at radius 1 is 1.03 bits per heavy atom. The number of benzene rings is 2. The maximum atomic E-state index is 12.5. The molecule has 0 unspecified atom stereocenters. The fourth-order valence-electron chi connectivity index (χ4n) is 3.95. The van der Waals surface area contributed by atoms with Crippen molar-refractivity contribution in [2.45, 2.75) is 30.8 Å². The summed E-state index contributed by atoms with van der Waals surface area (Å²) in [6.45, 7) is 2.18. The van der Waals surface area contributed by atoms with E-state index in [1.54, 1.807) is 26.4 Å². The van der Waals surface area contributed by atoms with Crippen molar-refractivity contribution in [2.24, 2.45) is 0 Å².